The molecule has 0 bridgehead atoms. The highest BCUT2D eigenvalue weighted by molar-refractivity contribution is 5.90. The van der Waals surface area contributed by atoms with E-state index >= 15 is 0 Å². The van der Waals surface area contributed by atoms with Crippen LogP contribution in [-0.4, -0.2) is 59.4 Å². The van der Waals surface area contributed by atoms with Gasteiger partial charge in [-0.05, 0) is 12.1 Å². The summed E-state index contributed by atoms with van der Waals surface area (Å²) in [7, 11) is 3.37. The van der Waals surface area contributed by atoms with Crippen molar-refractivity contribution >= 4 is 17.0 Å². The van der Waals surface area contributed by atoms with Crippen molar-refractivity contribution in [3.8, 4) is 17.2 Å². The number of benzene rings is 1. The van der Waals surface area contributed by atoms with E-state index in [1.807, 2.05) is 0 Å². The predicted molar refractivity (Wildman–Crippen MR) is 112 cm³/mol. The summed E-state index contributed by atoms with van der Waals surface area (Å²) in [4.78, 5) is 27.3. The van der Waals surface area contributed by atoms with Crippen LogP contribution in [-0.2, 0) is 13.5 Å². The zero-order chi connectivity index (χ0) is 22.5. The van der Waals surface area contributed by atoms with Crippen molar-refractivity contribution in [3.63, 3.8) is 0 Å². The summed E-state index contributed by atoms with van der Waals surface area (Å²) in [5.74, 6) is 0.654. The Morgan fingerprint density at radius 2 is 2.18 bits per heavy atom. The average Bonchev–Trinajstić information content (AvgIpc) is 3.62. The van der Waals surface area contributed by atoms with Gasteiger partial charge in [-0.15, -0.1) is 10.2 Å². The number of fused-ring (bicyclic) bond motifs is 2. The SMILES string of the molecule is COc1ccc2oc([C@@H]3c4nc[nH]c4CCN3C(=O)c3nnc(-c4cnn(C)c4)o3)nc2c1. The third kappa shape index (κ3) is 3.14. The molecule has 1 aliphatic heterocycles. The number of aromatic nitrogens is 7. The maximum absolute atomic E-state index is 13.5. The highest BCUT2D eigenvalue weighted by Crippen LogP contribution is 2.36. The highest BCUT2D eigenvalue weighted by atomic mass is 16.5. The van der Waals surface area contributed by atoms with E-state index in [2.05, 4.69) is 30.2 Å². The number of ether oxygens (including phenoxy) is 1. The molecule has 5 heterocycles. The van der Waals surface area contributed by atoms with Gasteiger partial charge >= 0.3 is 11.8 Å². The lowest BCUT2D eigenvalue weighted by molar-refractivity contribution is 0.0627. The Morgan fingerprint density at radius 1 is 1.27 bits per heavy atom. The van der Waals surface area contributed by atoms with E-state index in [-0.39, 0.29) is 11.8 Å². The van der Waals surface area contributed by atoms with Crippen LogP contribution in [0.1, 0.15) is 34.0 Å². The predicted octanol–water partition coefficient (Wildman–Crippen LogP) is 2.13. The number of carbonyl (C=O) groups is 1. The topological polar surface area (TPSA) is 141 Å². The lowest BCUT2D eigenvalue weighted by atomic mass is 10.0. The Balaban J connectivity index is 1.39. The van der Waals surface area contributed by atoms with Gasteiger partial charge in [-0.2, -0.15) is 5.10 Å². The van der Waals surface area contributed by atoms with Gasteiger partial charge in [0, 0.05) is 38.0 Å². The molecule has 166 valence electrons. The van der Waals surface area contributed by atoms with Crippen molar-refractivity contribution < 1.29 is 18.4 Å². The number of methoxy groups -OCH3 is 1. The minimum atomic E-state index is -0.653. The van der Waals surface area contributed by atoms with Crippen LogP contribution < -0.4 is 4.74 Å². The van der Waals surface area contributed by atoms with Crippen LogP contribution in [0.2, 0.25) is 0 Å². The molecule has 0 aliphatic carbocycles. The zero-order valence-electron chi connectivity index (χ0n) is 17.7. The van der Waals surface area contributed by atoms with Gasteiger partial charge in [-0.3, -0.25) is 9.48 Å². The second kappa shape index (κ2) is 7.29. The maximum atomic E-state index is 13.5. The molecular formula is C21H18N8O4. The van der Waals surface area contributed by atoms with Crippen molar-refractivity contribution in [2.45, 2.75) is 12.5 Å². The summed E-state index contributed by atoms with van der Waals surface area (Å²) < 4.78 is 18.6. The molecule has 5 aromatic rings. The number of hydrogen-bond acceptors (Lipinski definition) is 9. The summed E-state index contributed by atoms with van der Waals surface area (Å²) in [6.45, 7) is 0.394. The Kier molecular flexibility index (Phi) is 4.25. The van der Waals surface area contributed by atoms with E-state index in [4.69, 9.17) is 13.6 Å². The molecule has 6 rings (SSSR count). The van der Waals surface area contributed by atoms with Gasteiger partial charge in [-0.25, -0.2) is 9.97 Å². The first kappa shape index (κ1) is 19.2. The minimum absolute atomic E-state index is 0.129. The number of aryl methyl sites for hydroxylation is 1. The summed E-state index contributed by atoms with van der Waals surface area (Å²) in [5, 5.41) is 12.1. The van der Waals surface area contributed by atoms with Crippen LogP contribution in [0.25, 0.3) is 22.6 Å². The average molecular weight is 446 g/mol. The Labute approximate surface area is 186 Å². The van der Waals surface area contributed by atoms with E-state index in [9.17, 15) is 4.79 Å². The van der Waals surface area contributed by atoms with E-state index in [1.54, 1.807) is 60.7 Å². The van der Waals surface area contributed by atoms with Crippen LogP contribution in [0.4, 0.5) is 0 Å². The maximum Gasteiger partial charge on any atom is 0.312 e. The number of rotatable bonds is 4. The van der Waals surface area contributed by atoms with Crippen molar-refractivity contribution in [2.75, 3.05) is 13.7 Å². The number of imidazole rings is 1. The number of oxazole rings is 1. The quantitative estimate of drug-likeness (QED) is 0.439. The van der Waals surface area contributed by atoms with E-state index in [0.29, 0.717) is 47.0 Å². The van der Waals surface area contributed by atoms with Gasteiger partial charge < -0.3 is 23.5 Å². The van der Waals surface area contributed by atoms with Crippen molar-refractivity contribution in [1.82, 2.24) is 39.8 Å². The molecule has 1 N–H and O–H groups in total. The second-order valence-corrected chi connectivity index (χ2v) is 7.62. The molecule has 1 aromatic carbocycles. The lowest BCUT2D eigenvalue weighted by Crippen LogP contribution is -2.41. The molecule has 0 saturated carbocycles. The summed E-state index contributed by atoms with van der Waals surface area (Å²) in [6.07, 6.45) is 5.52. The number of amides is 1. The van der Waals surface area contributed by atoms with E-state index < -0.39 is 11.9 Å². The number of nitrogens with zero attached hydrogens (tertiary/aromatic N) is 7. The van der Waals surface area contributed by atoms with Crippen molar-refractivity contribution in [3.05, 3.63) is 60.1 Å². The molecule has 12 heteroatoms. The zero-order valence-corrected chi connectivity index (χ0v) is 17.7. The number of aromatic amines is 1. The normalized spacial score (nSPS) is 15.7. The number of carbonyl (C=O) groups excluding carboxylic acids is 1. The molecule has 4 aromatic heterocycles. The molecule has 0 saturated heterocycles. The molecule has 0 unspecified atom stereocenters. The summed E-state index contributed by atoms with van der Waals surface area (Å²) >= 11 is 0. The number of hydrogen-bond donors (Lipinski definition) is 1. The van der Waals surface area contributed by atoms with Crippen LogP contribution in [0.3, 0.4) is 0 Å². The van der Waals surface area contributed by atoms with Crippen LogP contribution in [0.5, 0.6) is 5.75 Å². The fourth-order valence-corrected chi connectivity index (χ4v) is 4.00. The third-order valence-electron chi connectivity index (χ3n) is 5.59. The smallest absolute Gasteiger partial charge is 0.312 e. The second-order valence-electron chi connectivity index (χ2n) is 7.62. The fraction of sp³-hybridized carbons (Fsp3) is 0.238. The standard InChI is InChI=1S/C21H18N8O4/c1-28-9-11(8-24-28)18-26-27-20(33-18)21(30)29-6-5-13-16(23-10-22-13)17(29)19-25-14-7-12(31-2)3-4-15(14)32-19/h3-4,7-10,17H,5-6H2,1-2H3,(H,22,23)/t17-/m0/s1. The summed E-state index contributed by atoms with van der Waals surface area (Å²) in [5.41, 5.74) is 3.42. The molecule has 0 radical (unpaired) electrons. The van der Waals surface area contributed by atoms with Crippen molar-refractivity contribution in [2.24, 2.45) is 7.05 Å². The van der Waals surface area contributed by atoms with E-state index in [1.165, 1.54) is 0 Å². The van der Waals surface area contributed by atoms with Crippen LogP contribution in [0.15, 0.2) is 45.8 Å². The highest BCUT2D eigenvalue weighted by Gasteiger charge is 2.39. The van der Waals surface area contributed by atoms with Gasteiger partial charge in [0.25, 0.3) is 5.89 Å². The molecule has 1 atom stereocenters. The van der Waals surface area contributed by atoms with E-state index in [0.717, 1.165) is 5.69 Å². The number of nitrogens with one attached hydrogen (secondary N) is 1. The van der Waals surface area contributed by atoms with Crippen LogP contribution in [0, 0.1) is 0 Å². The molecular weight excluding hydrogens is 428 g/mol. The molecule has 1 aliphatic rings. The fourth-order valence-electron chi connectivity index (χ4n) is 4.00. The van der Waals surface area contributed by atoms with Crippen molar-refractivity contribution in [1.29, 1.82) is 0 Å². The first-order chi connectivity index (χ1) is 16.1. The van der Waals surface area contributed by atoms with Gasteiger partial charge in [0.2, 0.25) is 5.89 Å². The van der Waals surface area contributed by atoms with Gasteiger partial charge in [0.15, 0.2) is 11.6 Å². The largest absolute Gasteiger partial charge is 0.497 e. The van der Waals surface area contributed by atoms with Gasteiger partial charge in [-0.1, -0.05) is 0 Å². The lowest BCUT2D eigenvalue weighted by Gasteiger charge is -2.31. The van der Waals surface area contributed by atoms with Crippen LogP contribution >= 0.6 is 0 Å². The summed E-state index contributed by atoms with van der Waals surface area (Å²) in [6, 6.07) is 4.70. The Hall–Kier alpha value is -4.48. The van der Waals surface area contributed by atoms with Gasteiger partial charge in [0.05, 0.1) is 30.9 Å². The number of H-pyrrole nitrogens is 1. The molecule has 1 amide bonds. The minimum Gasteiger partial charge on any atom is -0.497 e. The molecule has 12 nitrogen and oxygen atoms in total. The first-order valence-corrected chi connectivity index (χ1v) is 10.2. The molecule has 33 heavy (non-hydrogen) atoms. The van der Waals surface area contributed by atoms with Gasteiger partial charge in [0.1, 0.15) is 11.3 Å². The Morgan fingerprint density at radius 3 is 3.00 bits per heavy atom. The third-order valence-corrected chi connectivity index (χ3v) is 5.59. The molecule has 0 fully saturated rings. The molecule has 0 spiro atoms. The Bertz CT molecular complexity index is 1480. The monoisotopic (exact) mass is 446 g/mol. The first-order valence-electron chi connectivity index (χ1n) is 10.2.